The Hall–Kier alpha value is -1.38. The van der Waals surface area contributed by atoms with Crippen molar-refractivity contribution in [2.75, 3.05) is 13.1 Å². The molecule has 1 amide bonds. The lowest BCUT2D eigenvalue weighted by atomic mass is 9.95. The number of hydrogen-bond donors (Lipinski definition) is 1. The van der Waals surface area contributed by atoms with Crippen molar-refractivity contribution in [3.63, 3.8) is 0 Å². The molecule has 7 nitrogen and oxygen atoms in total. The smallest absolute Gasteiger partial charge is 0.282 e. The first kappa shape index (κ1) is 16.5. The third kappa shape index (κ3) is 3.02. The molecule has 2 saturated heterocycles. The van der Waals surface area contributed by atoms with Crippen molar-refractivity contribution < 1.29 is 17.6 Å². The summed E-state index contributed by atoms with van der Waals surface area (Å²) in [4.78, 5) is 11.5. The molecule has 2 aliphatic heterocycles. The van der Waals surface area contributed by atoms with Gasteiger partial charge in [0.25, 0.3) is 10.2 Å². The minimum Gasteiger partial charge on any atom is -0.468 e. The van der Waals surface area contributed by atoms with Crippen LogP contribution in [-0.2, 0) is 15.0 Å². The Labute approximate surface area is 136 Å². The Bertz CT molecular complexity index is 658. The highest BCUT2D eigenvalue weighted by Gasteiger charge is 2.44. The van der Waals surface area contributed by atoms with E-state index in [1.54, 1.807) is 12.3 Å². The topological polar surface area (TPSA) is 96.8 Å². The molecule has 8 heteroatoms. The predicted octanol–water partition coefficient (Wildman–Crippen LogP) is 1.25. The number of nitrogens with zero attached hydrogens (tertiary/aromatic N) is 2. The predicted molar refractivity (Wildman–Crippen MR) is 84.4 cm³/mol. The van der Waals surface area contributed by atoms with Crippen molar-refractivity contribution in [1.29, 1.82) is 0 Å². The molecule has 3 heterocycles. The molecule has 0 aromatic carbocycles. The highest BCUT2D eigenvalue weighted by atomic mass is 32.2. The Balaban J connectivity index is 1.86. The maximum Gasteiger partial charge on any atom is 0.282 e. The summed E-state index contributed by atoms with van der Waals surface area (Å²) in [6.07, 6.45) is 4.39. The standard InChI is InChI=1S/C15H23N3O4S/c1-11-6-7-12(15(16)19)10-18(11)23(20,21)17-8-2-4-13(17)14-5-3-9-22-14/h3,5,9,11-13H,2,4,6-8,10H2,1H3,(H2,16,19)/t11-,12+,13-/m1/s1. The molecule has 3 rings (SSSR count). The van der Waals surface area contributed by atoms with Crippen LogP contribution < -0.4 is 5.73 Å². The fourth-order valence-corrected chi connectivity index (χ4v) is 5.63. The van der Waals surface area contributed by atoms with Crippen LogP contribution in [0.3, 0.4) is 0 Å². The van der Waals surface area contributed by atoms with E-state index in [4.69, 9.17) is 10.2 Å². The van der Waals surface area contributed by atoms with Crippen molar-refractivity contribution in [2.24, 2.45) is 11.7 Å². The van der Waals surface area contributed by atoms with Gasteiger partial charge in [-0.1, -0.05) is 0 Å². The largest absolute Gasteiger partial charge is 0.468 e. The number of nitrogens with two attached hydrogens (primary N) is 1. The van der Waals surface area contributed by atoms with Gasteiger partial charge in [0, 0.05) is 19.1 Å². The molecule has 128 valence electrons. The molecule has 2 aliphatic rings. The molecule has 0 unspecified atom stereocenters. The molecule has 3 atom stereocenters. The Morgan fingerprint density at radius 3 is 2.74 bits per heavy atom. The number of amides is 1. The van der Waals surface area contributed by atoms with Gasteiger partial charge in [-0.15, -0.1) is 0 Å². The van der Waals surface area contributed by atoms with Gasteiger partial charge in [-0.05, 0) is 44.7 Å². The van der Waals surface area contributed by atoms with E-state index in [-0.39, 0.29) is 18.6 Å². The molecular formula is C15H23N3O4S. The lowest BCUT2D eigenvalue weighted by Gasteiger charge is -2.39. The highest BCUT2D eigenvalue weighted by Crippen LogP contribution is 2.37. The maximum atomic E-state index is 13.1. The summed E-state index contributed by atoms with van der Waals surface area (Å²) in [5.41, 5.74) is 5.39. The average molecular weight is 341 g/mol. The molecule has 1 aromatic rings. The molecule has 2 fully saturated rings. The monoisotopic (exact) mass is 341 g/mol. The summed E-state index contributed by atoms with van der Waals surface area (Å²) >= 11 is 0. The number of hydrogen-bond acceptors (Lipinski definition) is 4. The van der Waals surface area contributed by atoms with Gasteiger partial charge >= 0.3 is 0 Å². The summed E-state index contributed by atoms with van der Waals surface area (Å²) in [6, 6.07) is 3.18. The summed E-state index contributed by atoms with van der Waals surface area (Å²) in [6.45, 7) is 2.52. The lowest BCUT2D eigenvalue weighted by molar-refractivity contribution is -0.123. The van der Waals surface area contributed by atoms with Crippen molar-refractivity contribution in [1.82, 2.24) is 8.61 Å². The van der Waals surface area contributed by atoms with Gasteiger partial charge < -0.3 is 10.2 Å². The van der Waals surface area contributed by atoms with Gasteiger partial charge in [0.1, 0.15) is 5.76 Å². The second-order valence-corrected chi connectivity index (χ2v) is 8.22. The van der Waals surface area contributed by atoms with E-state index in [1.807, 2.05) is 13.0 Å². The van der Waals surface area contributed by atoms with Crippen LogP contribution in [0.15, 0.2) is 22.8 Å². The fourth-order valence-electron chi connectivity index (χ4n) is 3.54. The molecule has 0 radical (unpaired) electrons. The van der Waals surface area contributed by atoms with Crippen LogP contribution in [0, 0.1) is 5.92 Å². The van der Waals surface area contributed by atoms with Gasteiger partial charge in [-0.3, -0.25) is 4.79 Å². The molecule has 2 N–H and O–H groups in total. The molecule has 23 heavy (non-hydrogen) atoms. The van der Waals surface area contributed by atoms with Crippen LogP contribution in [0.2, 0.25) is 0 Å². The quantitative estimate of drug-likeness (QED) is 0.891. The van der Waals surface area contributed by atoms with E-state index in [0.717, 1.165) is 12.8 Å². The molecule has 0 aliphatic carbocycles. The number of carbonyl (C=O) groups excluding carboxylic acids is 1. The average Bonchev–Trinajstić information content (AvgIpc) is 3.18. The first-order valence-corrected chi connectivity index (χ1v) is 9.42. The number of carbonyl (C=O) groups is 1. The first-order valence-electron chi connectivity index (χ1n) is 8.02. The first-order chi connectivity index (χ1) is 10.9. The van der Waals surface area contributed by atoms with Crippen LogP contribution in [0.25, 0.3) is 0 Å². The van der Waals surface area contributed by atoms with Crippen molar-refractivity contribution >= 4 is 16.1 Å². The van der Waals surface area contributed by atoms with Crippen molar-refractivity contribution in [3.8, 4) is 0 Å². The van der Waals surface area contributed by atoms with Gasteiger partial charge in [-0.25, -0.2) is 0 Å². The molecule has 0 saturated carbocycles. The second kappa shape index (κ2) is 6.26. The number of primary amides is 1. The molecule has 1 aromatic heterocycles. The van der Waals surface area contributed by atoms with E-state index in [9.17, 15) is 13.2 Å². The zero-order valence-electron chi connectivity index (χ0n) is 13.2. The Morgan fingerprint density at radius 2 is 2.09 bits per heavy atom. The maximum absolute atomic E-state index is 13.1. The zero-order valence-corrected chi connectivity index (χ0v) is 14.0. The van der Waals surface area contributed by atoms with E-state index in [2.05, 4.69) is 0 Å². The third-order valence-electron chi connectivity index (χ3n) is 4.90. The SMILES string of the molecule is C[C@@H]1CC[C@H](C(N)=O)CN1S(=O)(=O)N1CCC[C@@H]1c1ccco1. The minimum absolute atomic E-state index is 0.131. The summed E-state index contributed by atoms with van der Waals surface area (Å²) in [5.74, 6) is -0.172. The third-order valence-corrected chi connectivity index (χ3v) is 7.03. The van der Waals surface area contributed by atoms with Crippen LogP contribution in [0.5, 0.6) is 0 Å². The number of furan rings is 1. The number of piperidine rings is 1. The second-order valence-electron chi connectivity index (χ2n) is 6.39. The van der Waals surface area contributed by atoms with Gasteiger partial charge in [0.15, 0.2) is 0 Å². The summed E-state index contributed by atoms with van der Waals surface area (Å²) < 4.78 is 34.6. The highest BCUT2D eigenvalue weighted by molar-refractivity contribution is 7.86. The Morgan fingerprint density at radius 1 is 1.30 bits per heavy atom. The summed E-state index contributed by atoms with van der Waals surface area (Å²) in [5, 5.41) is 0. The van der Waals surface area contributed by atoms with Gasteiger partial charge in [0.2, 0.25) is 5.91 Å². The normalized spacial score (nSPS) is 30.6. The molecule has 0 bridgehead atoms. The molecular weight excluding hydrogens is 318 g/mol. The lowest BCUT2D eigenvalue weighted by Crippen LogP contribution is -2.53. The van der Waals surface area contributed by atoms with Crippen molar-refractivity contribution in [2.45, 2.75) is 44.7 Å². The van der Waals surface area contributed by atoms with Gasteiger partial charge in [-0.2, -0.15) is 17.0 Å². The van der Waals surface area contributed by atoms with E-state index < -0.39 is 22.0 Å². The minimum atomic E-state index is -3.65. The molecule has 0 spiro atoms. The van der Waals surface area contributed by atoms with Crippen LogP contribution in [0.4, 0.5) is 0 Å². The van der Waals surface area contributed by atoms with Crippen LogP contribution >= 0.6 is 0 Å². The van der Waals surface area contributed by atoms with Crippen LogP contribution in [0.1, 0.15) is 44.4 Å². The van der Waals surface area contributed by atoms with E-state index in [1.165, 1.54) is 8.61 Å². The van der Waals surface area contributed by atoms with E-state index >= 15 is 0 Å². The van der Waals surface area contributed by atoms with E-state index in [0.29, 0.717) is 25.1 Å². The van der Waals surface area contributed by atoms with Crippen LogP contribution in [-0.4, -0.2) is 42.1 Å². The number of rotatable bonds is 4. The fraction of sp³-hybridized carbons (Fsp3) is 0.667. The van der Waals surface area contributed by atoms with Gasteiger partial charge in [0.05, 0.1) is 18.2 Å². The van der Waals surface area contributed by atoms with Crippen molar-refractivity contribution in [3.05, 3.63) is 24.2 Å². The summed E-state index contributed by atoms with van der Waals surface area (Å²) in [7, 11) is -3.65. The Kier molecular flexibility index (Phi) is 4.48. The zero-order chi connectivity index (χ0) is 16.6.